The van der Waals surface area contributed by atoms with E-state index in [4.69, 9.17) is 4.74 Å². The first kappa shape index (κ1) is 18.1. The van der Waals surface area contributed by atoms with E-state index in [0.717, 1.165) is 31.2 Å². The van der Waals surface area contributed by atoms with Crippen molar-refractivity contribution in [2.75, 3.05) is 7.05 Å². The van der Waals surface area contributed by atoms with Crippen LogP contribution in [-0.2, 0) is 22.4 Å². The number of esters is 1. The van der Waals surface area contributed by atoms with Crippen LogP contribution in [0.25, 0.3) is 0 Å². The fraction of sp³-hybridized carbons (Fsp3) is 0.316. The predicted octanol–water partition coefficient (Wildman–Crippen LogP) is 2.98. The molecular weight excluding hydrogens is 352 g/mol. The molecule has 1 aromatic heterocycles. The second-order valence-electron chi connectivity index (χ2n) is 6.02. The molecule has 1 atom stereocenters. The molecule has 0 radical (unpaired) electrons. The van der Waals surface area contributed by atoms with Crippen LogP contribution in [0.5, 0.6) is 0 Å². The Morgan fingerprint density at radius 2 is 1.85 bits per heavy atom. The van der Waals surface area contributed by atoms with Gasteiger partial charge >= 0.3 is 12.0 Å². The van der Waals surface area contributed by atoms with Gasteiger partial charge in [0.2, 0.25) is 6.10 Å². The monoisotopic (exact) mass is 372 g/mol. The molecular formula is C19H20N2O4S. The van der Waals surface area contributed by atoms with Crippen LogP contribution in [0.2, 0.25) is 0 Å². The van der Waals surface area contributed by atoms with Gasteiger partial charge in [-0.15, -0.1) is 11.3 Å². The highest BCUT2D eigenvalue weighted by Gasteiger charge is 2.29. The van der Waals surface area contributed by atoms with Gasteiger partial charge in [0.1, 0.15) is 0 Å². The van der Waals surface area contributed by atoms with Crippen molar-refractivity contribution in [3.05, 3.63) is 57.3 Å². The maximum absolute atomic E-state index is 12.7. The molecule has 3 rings (SSSR count). The van der Waals surface area contributed by atoms with Gasteiger partial charge < -0.3 is 10.1 Å². The lowest BCUT2D eigenvalue weighted by Gasteiger charge is -2.18. The van der Waals surface area contributed by atoms with Crippen molar-refractivity contribution >= 4 is 29.2 Å². The summed E-state index contributed by atoms with van der Waals surface area (Å²) in [5.41, 5.74) is 2.06. The third kappa shape index (κ3) is 3.94. The van der Waals surface area contributed by atoms with E-state index in [1.807, 2.05) is 0 Å². The van der Waals surface area contributed by atoms with Crippen LogP contribution in [0.1, 0.15) is 45.3 Å². The number of nitrogens with one attached hydrogen (secondary N) is 2. The van der Waals surface area contributed by atoms with Gasteiger partial charge in [-0.25, -0.2) is 9.59 Å². The lowest BCUT2D eigenvalue weighted by Crippen LogP contribution is -2.41. The number of ether oxygens (including phenoxy) is 1. The normalized spacial score (nSPS) is 14.0. The Balaban J connectivity index is 1.83. The van der Waals surface area contributed by atoms with Crippen molar-refractivity contribution in [2.45, 2.75) is 31.8 Å². The fourth-order valence-corrected chi connectivity index (χ4v) is 4.09. The Morgan fingerprint density at radius 3 is 2.58 bits per heavy atom. The summed E-state index contributed by atoms with van der Waals surface area (Å²) in [5.74, 6) is -1.22. The number of aryl methyl sites for hydroxylation is 1. The molecule has 136 valence electrons. The molecule has 0 unspecified atom stereocenters. The van der Waals surface area contributed by atoms with E-state index in [0.29, 0.717) is 11.1 Å². The standard InChI is InChI=1S/C19H20N2O4S/c1-20-19(24)21-17(22)16(12-7-3-2-4-8-12)25-18(23)14-11-26-15-10-6-5-9-13(14)15/h2-4,7-8,11,16H,5-6,9-10H2,1H3,(H2,20,21,22,24)/t16-/m1/s1. The molecule has 3 amide bonds. The van der Waals surface area contributed by atoms with E-state index in [1.165, 1.54) is 11.9 Å². The minimum absolute atomic E-state index is 0.506. The fourth-order valence-electron chi connectivity index (χ4n) is 2.98. The molecule has 26 heavy (non-hydrogen) atoms. The summed E-state index contributed by atoms with van der Waals surface area (Å²) >= 11 is 1.56. The molecule has 0 spiro atoms. The topological polar surface area (TPSA) is 84.5 Å². The number of fused-ring (bicyclic) bond motifs is 1. The van der Waals surface area contributed by atoms with Gasteiger partial charge in [-0.05, 0) is 31.2 Å². The zero-order valence-electron chi connectivity index (χ0n) is 14.4. The quantitative estimate of drug-likeness (QED) is 0.808. The molecule has 1 aliphatic carbocycles. The second kappa shape index (κ2) is 8.14. The number of amides is 3. The number of thiophene rings is 1. The number of carbonyl (C=O) groups excluding carboxylic acids is 3. The largest absolute Gasteiger partial charge is 0.444 e. The van der Waals surface area contributed by atoms with Gasteiger partial charge in [-0.2, -0.15) is 0 Å². The van der Waals surface area contributed by atoms with Crippen LogP contribution in [-0.4, -0.2) is 25.0 Å². The summed E-state index contributed by atoms with van der Waals surface area (Å²) in [4.78, 5) is 37.9. The van der Waals surface area contributed by atoms with Crippen molar-refractivity contribution in [3.8, 4) is 0 Å². The Kier molecular flexibility index (Phi) is 5.68. The smallest absolute Gasteiger partial charge is 0.340 e. The van der Waals surface area contributed by atoms with Crippen LogP contribution in [0.3, 0.4) is 0 Å². The lowest BCUT2D eigenvalue weighted by molar-refractivity contribution is -0.129. The first-order valence-corrected chi connectivity index (χ1v) is 9.36. The number of imide groups is 1. The second-order valence-corrected chi connectivity index (χ2v) is 6.99. The van der Waals surface area contributed by atoms with Crippen molar-refractivity contribution in [2.24, 2.45) is 0 Å². The first-order valence-electron chi connectivity index (χ1n) is 8.48. The molecule has 2 aromatic rings. The molecule has 0 fully saturated rings. The van der Waals surface area contributed by atoms with Crippen LogP contribution in [0.4, 0.5) is 4.79 Å². The number of rotatable bonds is 4. The summed E-state index contributed by atoms with van der Waals surface area (Å²) < 4.78 is 5.53. The molecule has 1 heterocycles. The highest BCUT2D eigenvalue weighted by Crippen LogP contribution is 2.31. The zero-order valence-corrected chi connectivity index (χ0v) is 15.2. The number of hydrogen-bond acceptors (Lipinski definition) is 5. The van der Waals surface area contributed by atoms with E-state index in [1.54, 1.807) is 47.0 Å². The van der Waals surface area contributed by atoms with Gasteiger partial charge in [0.25, 0.3) is 5.91 Å². The number of urea groups is 1. The van der Waals surface area contributed by atoms with Crippen molar-refractivity contribution in [3.63, 3.8) is 0 Å². The van der Waals surface area contributed by atoms with Crippen molar-refractivity contribution in [1.29, 1.82) is 0 Å². The maximum atomic E-state index is 12.7. The van der Waals surface area contributed by atoms with Crippen LogP contribution in [0.15, 0.2) is 35.7 Å². The molecule has 7 heteroatoms. The van der Waals surface area contributed by atoms with Gasteiger partial charge in [-0.1, -0.05) is 30.3 Å². The third-order valence-corrected chi connectivity index (χ3v) is 5.40. The predicted molar refractivity (Wildman–Crippen MR) is 98.2 cm³/mol. The van der Waals surface area contributed by atoms with Crippen molar-refractivity contribution < 1.29 is 19.1 Å². The number of carbonyl (C=O) groups is 3. The van der Waals surface area contributed by atoms with Crippen LogP contribution in [0, 0.1) is 0 Å². The van der Waals surface area contributed by atoms with Gasteiger partial charge in [0, 0.05) is 22.9 Å². The van der Waals surface area contributed by atoms with Crippen LogP contribution >= 0.6 is 11.3 Å². The van der Waals surface area contributed by atoms with E-state index in [2.05, 4.69) is 10.6 Å². The number of benzene rings is 1. The summed E-state index contributed by atoms with van der Waals surface area (Å²) in [6.07, 6.45) is 2.81. The van der Waals surface area contributed by atoms with Crippen LogP contribution < -0.4 is 10.6 Å². The van der Waals surface area contributed by atoms with E-state index < -0.39 is 24.0 Å². The van der Waals surface area contributed by atoms with E-state index in [9.17, 15) is 14.4 Å². The molecule has 1 aliphatic rings. The molecule has 0 bridgehead atoms. The molecule has 0 saturated carbocycles. The minimum Gasteiger partial charge on any atom is -0.444 e. The third-order valence-electron chi connectivity index (χ3n) is 4.31. The Bertz CT molecular complexity index is 816. The van der Waals surface area contributed by atoms with Gasteiger partial charge in [0.05, 0.1) is 5.56 Å². The first-order chi connectivity index (χ1) is 12.6. The highest BCUT2D eigenvalue weighted by molar-refractivity contribution is 7.10. The summed E-state index contributed by atoms with van der Waals surface area (Å²) in [6.45, 7) is 0. The summed E-state index contributed by atoms with van der Waals surface area (Å²) in [7, 11) is 1.41. The molecule has 0 saturated heterocycles. The lowest BCUT2D eigenvalue weighted by atomic mass is 9.96. The van der Waals surface area contributed by atoms with Gasteiger partial charge in [-0.3, -0.25) is 10.1 Å². The minimum atomic E-state index is -1.19. The Labute approximate surface area is 155 Å². The average Bonchev–Trinajstić information content (AvgIpc) is 3.10. The van der Waals surface area contributed by atoms with Crippen molar-refractivity contribution in [1.82, 2.24) is 10.6 Å². The van der Waals surface area contributed by atoms with E-state index >= 15 is 0 Å². The molecule has 6 nitrogen and oxygen atoms in total. The van der Waals surface area contributed by atoms with E-state index in [-0.39, 0.29) is 0 Å². The molecule has 0 aliphatic heterocycles. The SMILES string of the molecule is CNC(=O)NC(=O)[C@H](OC(=O)c1csc2c1CCCC2)c1ccccc1. The molecule has 1 aromatic carbocycles. The Morgan fingerprint density at radius 1 is 1.12 bits per heavy atom. The highest BCUT2D eigenvalue weighted by atomic mass is 32.1. The zero-order chi connectivity index (χ0) is 18.5. The summed E-state index contributed by atoms with van der Waals surface area (Å²) in [6, 6.07) is 8.01. The molecule has 2 N–H and O–H groups in total. The Hall–Kier alpha value is -2.67. The number of hydrogen-bond donors (Lipinski definition) is 2. The average molecular weight is 372 g/mol. The maximum Gasteiger partial charge on any atom is 0.340 e. The summed E-state index contributed by atoms with van der Waals surface area (Å²) in [5, 5.41) is 6.29. The van der Waals surface area contributed by atoms with Gasteiger partial charge in [0.15, 0.2) is 0 Å².